The lowest BCUT2D eigenvalue weighted by Crippen LogP contribution is -2.24. The predicted molar refractivity (Wildman–Crippen MR) is 119 cm³/mol. The Morgan fingerprint density at radius 2 is 1.80 bits per heavy atom. The Bertz CT molecular complexity index is 1030. The number of aromatic nitrogens is 3. The minimum atomic E-state index is -0.166. The quantitative estimate of drug-likeness (QED) is 0.543. The van der Waals surface area contributed by atoms with E-state index >= 15 is 0 Å². The van der Waals surface area contributed by atoms with E-state index in [1.54, 1.807) is 16.7 Å². The van der Waals surface area contributed by atoms with Gasteiger partial charge in [0, 0.05) is 18.3 Å². The average molecular weight is 424 g/mol. The molecule has 8 heteroatoms. The van der Waals surface area contributed by atoms with Crippen molar-refractivity contribution in [2.45, 2.75) is 32.0 Å². The molecule has 3 rings (SSSR count). The number of carbonyl (C=O) groups excluding carboxylic acids is 2. The summed E-state index contributed by atoms with van der Waals surface area (Å²) in [5, 5.41) is 14.7. The smallest absolute Gasteiger partial charge is 0.251 e. The van der Waals surface area contributed by atoms with Crippen LogP contribution in [0.2, 0.25) is 0 Å². The van der Waals surface area contributed by atoms with Crippen LogP contribution in [0, 0.1) is 6.92 Å². The number of aryl methyl sites for hydroxylation is 2. The number of nitrogens with one attached hydrogen (secondary N) is 2. The van der Waals surface area contributed by atoms with Crippen LogP contribution in [0.15, 0.2) is 53.7 Å². The summed E-state index contributed by atoms with van der Waals surface area (Å²) < 4.78 is 1.79. The van der Waals surface area contributed by atoms with Gasteiger partial charge in [0.1, 0.15) is 0 Å². The van der Waals surface area contributed by atoms with E-state index in [0.717, 1.165) is 23.2 Å². The standard InChI is InChI=1S/C22H25N5O2S/c1-4-16-7-5-6-8-18(16)24-20(28)14-30-22-26-25-19(27(22)3)13-23-21(29)17-11-9-15(2)10-12-17/h5-12H,4,13-14H2,1-3H3,(H,23,29)(H,24,28). The zero-order valence-corrected chi connectivity index (χ0v) is 18.1. The molecule has 0 aliphatic heterocycles. The van der Waals surface area contributed by atoms with Crippen molar-refractivity contribution >= 4 is 29.3 Å². The topological polar surface area (TPSA) is 88.9 Å². The minimum Gasteiger partial charge on any atom is -0.345 e. The molecular weight excluding hydrogens is 398 g/mol. The molecule has 0 atom stereocenters. The highest BCUT2D eigenvalue weighted by Crippen LogP contribution is 2.19. The number of nitrogens with zero attached hydrogens (tertiary/aromatic N) is 3. The average Bonchev–Trinajstić information content (AvgIpc) is 3.11. The molecule has 3 aromatic rings. The Morgan fingerprint density at radius 3 is 2.53 bits per heavy atom. The summed E-state index contributed by atoms with van der Waals surface area (Å²) in [4.78, 5) is 24.6. The fourth-order valence-electron chi connectivity index (χ4n) is 2.86. The van der Waals surface area contributed by atoms with Crippen molar-refractivity contribution in [3.8, 4) is 0 Å². The van der Waals surface area contributed by atoms with Gasteiger partial charge in [-0.15, -0.1) is 10.2 Å². The van der Waals surface area contributed by atoms with Gasteiger partial charge in [0.15, 0.2) is 11.0 Å². The third kappa shape index (κ3) is 5.48. The molecule has 7 nitrogen and oxygen atoms in total. The van der Waals surface area contributed by atoms with E-state index in [9.17, 15) is 9.59 Å². The molecule has 0 aliphatic carbocycles. The highest BCUT2D eigenvalue weighted by molar-refractivity contribution is 7.99. The van der Waals surface area contributed by atoms with Gasteiger partial charge in [-0.05, 0) is 37.1 Å². The first-order valence-corrected chi connectivity index (χ1v) is 10.7. The molecule has 0 spiro atoms. The van der Waals surface area contributed by atoms with Crippen LogP contribution in [0.3, 0.4) is 0 Å². The van der Waals surface area contributed by atoms with E-state index in [4.69, 9.17) is 0 Å². The van der Waals surface area contributed by atoms with Crippen LogP contribution in [-0.4, -0.2) is 32.3 Å². The van der Waals surface area contributed by atoms with Gasteiger partial charge in [-0.2, -0.15) is 0 Å². The van der Waals surface area contributed by atoms with Gasteiger partial charge >= 0.3 is 0 Å². The highest BCUT2D eigenvalue weighted by Gasteiger charge is 2.13. The zero-order valence-electron chi connectivity index (χ0n) is 17.3. The van der Waals surface area contributed by atoms with Crippen LogP contribution in [-0.2, 0) is 24.8 Å². The van der Waals surface area contributed by atoms with E-state index in [1.165, 1.54) is 11.8 Å². The summed E-state index contributed by atoms with van der Waals surface area (Å²) in [6.45, 7) is 4.29. The van der Waals surface area contributed by atoms with Crippen molar-refractivity contribution in [2.75, 3.05) is 11.1 Å². The van der Waals surface area contributed by atoms with Crippen molar-refractivity contribution in [1.29, 1.82) is 0 Å². The zero-order chi connectivity index (χ0) is 21.5. The van der Waals surface area contributed by atoms with Crippen LogP contribution in [0.1, 0.15) is 34.2 Å². The van der Waals surface area contributed by atoms with Gasteiger partial charge in [0.25, 0.3) is 5.91 Å². The largest absolute Gasteiger partial charge is 0.345 e. The van der Waals surface area contributed by atoms with E-state index in [0.29, 0.717) is 16.5 Å². The van der Waals surface area contributed by atoms with E-state index < -0.39 is 0 Å². The van der Waals surface area contributed by atoms with Crippen LogP contribution in [0.5, 0.6) is 0 Å². The highest BCUT2D eigenvalue weighted by atomic mass is 32.2. The molecule has 156 valence electrons. The second-order valence-corrected chi connectivity index (χ2v) is 7.80. The third-order valence-corrected chi connectivity index (χ3v) is 5.67. The fourth-order valence-corrected chi connectivity index (χ4v) is 3.59. The third-order valence-electron chi connectivity index (χ3n) is 4.65. The molecular formula is C22H25N5O2S. The van der Waals surface area contributed by atoms with Crippen LogP contribution in [0.25, 0.3) is 0 Å². The Hall–Kier alpha value is -3.13. The summed E-state index contributed by atoms with van der Waals surface area (Å²) in [6.07, 6.45) is 0.852. The summed E-state index contributed by atoms with van der Waals surface area (Å²) in [5.74, 6) is 0.578. The molecule has 0 radical (unpaired) electrons. The van der Waals surface area contributed by atoms with Crippen LogP contribution < -0.4 is 10.6 Å². The number of hydrogen-bond acceptors (Lipinski definition) is 5. The minimum absolute atomic E-state index is 0.0990. The van der Waals surface area contributed by atoms with Crippen molar-refractivity contribution in [3.63, 3.8) is 0 Å². The van der Waals surface area contributed by atoms with Gasteiger partial charge in [-0.25, -0.2) is 0 Å². The number of rotatable bonds is 8. The number of amides is 2. The molecule has 0 aliphatic rings. The molecule has 2 amide bonds. The monoisotopic (exact) mass is 423 g/mol. The van der Waals surface area contributed by atoms with Gasteiger partial charge < -0.3 is 15.2 Å². The summed E-state index contributed by atoms with van der Waals surface area (Å²) in [7, 11) is 1.82. The van der Waals surface area contributed by atoms with Crippen molar-refractivity contribution in [1.82, 2.24) is 20.1 Å². The molecule has 0 fully saturated rings. The van der Waals surface area contributed by atoms with Gasteiger partial charge in [0.05, 0.1) is 12.3 Å². The summed E-state index contributed by atoms with van der Waals surface area (Å²) in [5.41, 5.74) is 3.63. The molecule has 30 heavy (non-hydrogen) atoms. The Kier molecular flexibility index (Phi) is 7.24. The Balaban J connectivity index is 1.53. The lowest BCUT2D eigenvalue weighted by atomic mass is 10.1. The predicted octanol–water partition coefficient (Wildman–Crippen LogP) is 3.35. The number of carbonyl (C=O) groups is 2. The maximum absolute atomic E-state index is 12.3. The summed E-state index contributed by atoms with van der Waals surface area (Å²) >= 11 is 1.31. The van der Waals surface area contributed by atoms with Crippen molar-refractivity contribution in [2.24, 2.45) is 7.05 Å². The maximum Gasteiger partial charge on any atom is 0.251 e. The van der Waals surface area contributed by atoms with Crippen LogP contribution >= 0.6 is 11.8 Å². The second kappa shape index (κ2) is 10.1. The molecule has 1 heterocycles. The first-order chi connectivity index (χ1) is 14.5. The number of thioether (sulfide) groups is 1. The maximum atomic E-state index is 12.3. The molecule has 2 aromatic carbocycles. The molecule has 1 aromatic heterocycles. The Labute approximate surface area is 180 Å². The SMILES string of the molecule is CCc1ccccc1NC(=O)CSc1nnc(CNC(=O)c2ccc(C)cc2)n1C. The molecule has 0 saturated carbocycles. The molecule has 2 N–H and O–H groups in total. The molecule has 0 saturated heterocycles. The van der Waals surface area contributed by atoms with Gasteiger partial charge in [-0.1, -0.05) is 54.6 Å². The molecule has 0 bridgehead atoms. The number of benzene rings is 2. The fraction of sp³-hybridized carbons (Fsp3) is 0.273. The first kappa shape index (κ1) is 21.6. The van der Waals surface area contributed by atoms with Gasteiger partial charge in [-0.3, -0.25) is 9.59 Å². The normalized spacial score (nSPS) is 10.6. The van der Waals surface area contributed by atoms with Crippen molar-refractivity contribution < 1.29 is 9.59 Å². The number of para-hydroxylation sites is 1. The van der Waals surface area contributed by atoms with Crippen LogP contribution in [0.4, 0.5) is 5.69 Å². The van der Waals surface area contributed by atoms with E-state index in [-0.39, 0.29) is 24.1 Å². The lowest BCUT2D eigenvalue weighted by molar-refractivity contribution is -0.113. The van der Waals surface area contributed by atoms with E-state index in [1.807, 2.05) is 50.4 Å². The Morgan fingerprint density at radius 1 is 1.07 bits per heavy atom. The number of hydrogen-bond donors (Lipinski definition) is 2. The summed E-state index contributed by atoms with van der Waals surface area (Å²) in [6, 6.07) is 15.1. The van der Waals surface area contributed by atoms with Crippen molar-refractivity contribution in [3.05, 3.63) is 71.0 Å². The van der Waals surface area contributed by atoms with E-state index in [2.05, 4.69) is 27.8 Å². The lowest BCUT2D eigenvalue weighted by Gasteiger charge is -2.09. The molecule has 0 unspecified atom stereocenters. The van der Waals surface area contributed by atoms with Gasteiger partial charge in [0.2, 0.25) is 5.91 Å². The second-order valence-electron chi connectivity index (χ2n) is 6.85. The first-order valence-electron chi connectivity index (χ1n) is 9.71. The number of anilines is 1.